The molecule has 1 aromatic rings. The predicted molar refractivity (Wildman–Crippen MR) is 96.4 cm³/mol. The number of aryl methyl sites for hydroxylation is 2. The van der Waals surface area contributed by atoms with Crippen molar-refractivity contribution in [2.45, 2.75) is 25.7 Å². The number of methoxy groups -OCH3 is 1. The summed E-state index contributed by atoms with van der Waals surface area (Å²) in [6.07, 6.45) is 3.99. The first-order chi connectivity index (χ1) is 12.2. The van der Waals surface area contributed by atoms with Crippen molar-refractivity contribution >= 4 is 17.3 Å². The third kappa shape index (κ3) is 3.72. The number of hydrogen-bond acceptors (Lipinski definition) is 8. The minimum atomic E-state index is 0.307. The number of fused-ring (bicyclic) bond motifs is 2. The molecular formula is C17H27N5O3. The van der Waals surface area contributed by atoms with E-state index in [1.807, 2.05) is 24.1 Å². The molecule has 3 rings (SSSR count). The van der Waals surface area contributed by atoms with E-state index < -0.39 is 0 Å². The number of hydrazone groups is 1. The van der Waals surface area contributed by atoms with E-state index in [-0.39, 0.29) is 0 Å². The first-order valence-electron chi connectivity index (χ1n) is 8.76. The molecular weight excluding hydrogens is 322 g/mol. The molecule has 0 aromatic heterocycles. The lowest BCUT2D eigenvalue weighted by molar-refractivity contribution is 0.167. The van der Waals surface area contributed by atoms with Crippen molar-refractivity contribution in [2.75, 3.05) is 50.6 Å². The summed E-state index contributed by atoms with van der Waals surface area (Å²) in [7, 11) is 3.55. The minimum absolute atomic E-state index is 0.307. The number of anilines is 2. The van der Waals surface area contributed by atoms with Gasteiger partial charge in [0.05, 0.1) is 6.61 Å². The van der Waals surface area contributed by atoms with Crippen molar-refractivity contribution in [1.29, 1.82) is 0 Å². The molecule has 1 aromatic carbocycles. The lowest BCUT2D eigenvalue weighted by Crippen LogP contribution is -2.48. The van der Waals surface area contributed by atoms with Crippen molar-refractivity contribution in [2.24, 2.45) is 5.10 Å². The average molecular weight is 349 g/mol. The summed E-state index contributed by atoms with van der Waals surface area (Å²) in [6, 6.07) is 3.87. The lowest BCUT2D eigenvalue weighted by Gasteiger charge is -2.35. The molecule has 138 valence electrons. The van der Waals surface area contributed by atoms with Crippen LogP contribution in [0.2, 0.25) is 0 Å². The highest BCUT2D eigenvalue weighted by Gasteiger charge is 2.30. The second kappa shape index (κ2) is 8.01. The van der Waals surface area contributed by atoms with Crippen LogP contribution in [0, 0.1) is 0 Å². The van der Waals surface area contributed by atoms with E-state index in [9.17, 15) is 10.4 Å². The summed E-state index contributed by atoms with van der Waals surface area (Å²) in [5.74, 6) is 0.307. The number of rotatable bonds is 7. The van der Waals surface area contributed by atoms with Gasteiger partial charge >= 0.3 is 0 Å². The average Bonchev–Trinajstić information content (AvgIpc) is 3.07. The van der Waals surface area contributed by atoms with E-state index in [4.69, 9.17) is 4.74 Å². The van der Waals surface area contributed by atoms with Crippen molar-refractivity contribution in [3.8, 4) is 0 Å². The van der Waals surface area contributed by atoms with E-state index in [2.05, 4.69) is 10.4 Å². The molecule has 0 fully saturated rings. The lowest BCUT2D eigenvalue weighted by atomic mass is 10.1. The predicted octanol–water partition coefficient (Wildman–Crippen LogP) is 1.41. The molecule has 1 heterocycles. The Morgan fingerprint density at radius 3 is 2.60 bits per heavy atom. The number of benzene rings is 1. The summed E-state index contributed by atoms with van der Waals surface area (Å²) in [5, 5.41) is 30.4. The molecule has 0 atom stereocenters. The van der Waals surface area contributed by atoms with Gasteiger partial charge in [0.2, 0.25) is 0 Å². The van der Waals surface area contributed by atoms with Gasteiger partial charge in [-0.05, 0) is 62.5 Å². The molecule has 0 amide bonds. The van der Waals surface area contributed by atoms with Gasteiger partial charge in [0, 0.05) is 20.2 Å². The van der Waals surface area contributed by atoms with Crippen molar-refractivity contribution in [3.05, 3.63) is 23.3 Å². The van der Waals surface area contributed by atoms with Gasteiger partial charge in [0.15, 0.2) is 0 Å². The van der Waals surface area contributed by atoms with Crippen LogP contribution in [0.5, 0.6) is 0 Å². The molecule has 0 unspecified atom stereocenters. The van der Waals surface area contributed by atoms with E-state index in [1.165, 1.54) is 11.1 Å². The zero-order valence-corrected chi connectivity index (χ0v) is 14.9. The monoisotopic (exact) mass is 349 g/mol. The maximum Gasteiger partial charge on any atom is 0.250 e. The number of hydroxylamine groups is 1. The smallest absolute Gasteiger partial charge is 0.250 e. The fourth-order valence-corrected chi connectivity index (χ4v) is 3.37. The Hall–Kier alpha value is -1.87. The number of nitrogens with zero attached hydrogens (tertiary/aromatic N) is 4. The molecule has 8 nitrogen and oxygen atoms in total. The normalized spacial score (nSPS) is 15.9. The second-order valence-corrected chi connectivity index (χ2v) is 6.40. The van der Waals surface area contributed by atoms with Gasteiger partial charge in [-0.15, -0.1) is 10.3 Å². The highest BCUT2D eigenvalue weighted by atomic mass is 16.6. The molecule has 0 saturated heterocycles. The Morgan fingerprint density at radius 2 is 1.92 bits per heavy atom. The van der Waals surface area contributed by atoms with Crippen LogP contribution >= 0.6 is 0 Å². The van der Waals surface area contributed by atoms with E-state index in [0.29, 0.717) is 37.0 Å². The number of hydrogen-bond donors (Lipinski definition) is 3. The molecule has 0 bridgehead atoms. The molecule has 1 aliphatic carbocycles. The topological polar surface area (TPSA) is 83.8 Å². The van der Waals surface area contributed by atoms with E-state index in [0.717, 1.165) is 42.5 Å². The molecule has 0 radical (unpaired) electrons. The Labute approximate surface area is 148 Å². The fraction of sp³-hybridized carbons (Fsp3) is 0.588. The SMILES string of the molecule is CNCCCN(CCOC)C1=NN(O)c2cc3c(cc2N1O)CCC3. The number of nitrogens with one attached hydrogen (secondary N) is 1. The van der Waals surface area contributed by atoms with Crippen LogP contribution in [0.4, 0.5) is 11.4 Å². The first kappa shape index (κ1) is 17.9. The number of guanidine groups is 1. The van der Waals surface area contributed by atoms with Crippen LogP contribution in [0.1, 0.15) is 24.0 Å². The molecule has 3 N–H and O–H groups in total. The van der Waals surface area contributed by atoms with Crippen LogP contribution in [-0.2, 0) is 17.6 Å². The zero-order chi connectivity index (χ0) is 17.8. The van der Waals surface area contributed by atoms with Crippen molar-refractivity contribution in [3.63, 3.8) is 0 Å². The minimum Gasteiger partial charge on any atom is -0.383 e. The van der Waals surface area contributed by atoms with Gasteiger partial charge in [0.1, 0.15) is 11.4 Å². The summed E-state index contributed by atoms with van der Waals surface area (Å²) in [5.41, 5.74) is 3.51. The summed E-state index contributed by atoms with van der Waals surface area (Å²) >= 11 is 0. The molecule has 0 saturated carbocycles. The fourth-order valence-electron chi connectivity index (χ4n) is 3.37. The molecule has 1 aliphatic heterocycles. The van der Waals surface area contributed by atoms with Crippen LogP contribution < -0.4 is 15.6 Å². The highest BCUT2D eigenvalue weighted by Crippen LogP contribution is 2.38. The van der Waals surface area contributed by atoms with Crippen LogP contribution in [0.25, 0.3) is 0 Å². The molecule has 8 heteroatoms. The van der Waals surface area contributed by atoms with Gasteiger partial charge in [-0.25, -0.2) is 0 Å². The van der Waals surface area contributed by atoms with E-state index in [1.54, 1.807) is 7.11 Å². The van der Waals surface area contributed by atoms with Crippen LogP contribution in [0.3, 0.4) is 0 Å². The first-order valence-corrected chi connectivity index (χ1v) is 8.76. The van der Waals surface area contributed by atoms with Gasteiger partial charge in [-0.2, -0.15) is 5.06 Å². The zero-order valence-electron chi connectivity index (χ0n) is 14.9. The number of ether oxygens (including phenoxy) is 1. The second-order valence-electron chi connectivity index (χ2n) is 6.40. The third-order valence-corrected chi connectivity index (χ3v) is 4.71. The standard InChI is InChI=1S/C17H27N5O3/c1-18-7-4-8-20(9-10-25-2)17-19-22(24)16-12-14-6-3-5-13(14)11-15(16)21(17)23/h11-12,18,23-24H,3-10H2,1-2H3. The maximum absolute atomic E-state index is 10.8. The Kier molecular flexibility index (Phi) is 5.74. The molecule has 0 spiro atoms. The summed E-state index contributed by atoms with van der Waals surface area (Å²) in [6.45, 7) is 2.63. The molecule has 2 aliphatic rings. The maximum atomic E-state index is 10.8. The van der Waals surface area contributed by atoms with Crippen LogP contribution in [0.15, 0.2) is 17.2 Å². The molecule has 25 heavy (non-hydrogen) atoms. The van der Waals surface area contributed by atoms with Gasteiger partial charge in [0.25, 0.3) is 5.96 Å². The third-order valence-electron chi connectivity index (χ3n) is 4.71. The van der Waals surface area contributed by atoms with Gasteiger partial charge in [-0.3, -0.25) is 10.4 Å². The Morgan fingerprint density at radius 1 is 1.20 bits per heavy atom. The summed E-state index contributed by atoms with van der Waals surface area (Å²) in [4.78, 5) is 1.92. The van der Waals surface area contributed by atoms with Crippen molar-refractivity contribution < 1.29 is 15.2 Å². The largest absolute Gasteiger partial charge is 0.383 e. The Bertz CT molecular complexity index is 637. The highest BCUT2D eigenvalue weighted by molar-refractivity contribution is 6.00. The summed E-state index contributed by atoms with van der Waals surface area (Å²) < 4.78 is 5.17. The van der Waals surface area contributed by atoms with E-state index >= 15 is 0 Å². The quantitative estimate of drug-likeness (QED) is 0.642. The Balaban J connectivity index is 1.85. The van der Waals surface area contributed by atoms with Gasteiger partial charge < -0.3 is 15.0 Å². The van der Waals surface area contributed by atoms with Crippen LogP contribution in [-0.4, -0.2) is 61.7 Å². The van der Waals surface area contributed by atoms with Gasteiger partial charge in [-0.1, -0.05) is 0 Å². The van der Waals surface area contributed by atoms with Crippen molar-refractivity contribution in [1.82, 2.24) is 10.2 Å².